The summed E-state index contributed by atoms with van der Waals surface area (Å²) < 4.78 is 0. The van der Waals surface area contributed by atoms with Gasteiger partial charge in [-0.2, -0.15) is 5.10 Å². The number of carbonyl (C=O) groups excluding carboxylic acids is 1. The smallest absolute Gasteiger partial charge is 0.289 e. The van der Waals surface area contributed by atoms with Crippen LogP contribution in [0.5, 0.6) is 0 Å². The Morgan fingerprint density at radius 3 is 2.84 bits per heavy atom. The van der Waals surface area contributed by atoms with Crippen molar-refractivity contribution in [2.24, 2.45) is 0 Å². The number of nitro groups is 1. The molecule has 98 valence electrons. The predicted octanol–water partition coefficient (Wildman–Crippen LogP) is 2.53. The lowest BCUT2D eigenvalue weighted by Crippen LogP contribution is -2.12. The van der Waals surface area contributed by atoms with Crippen LogP contribution in [0, 0.1) is 17.0 Å². The second kappa shape index (κ2) is 5.07. The second-order valence-electron chi connectivity index (χ2n) is 3.79. The molecular formula is C11H9ClN4O3. The van der Waals surface area contributed by atoms with E-state index in [1.165, 1.54) is 24.4 Å². The average Bonchev–Trinajstić information content (AvgIpc) is 2.77. The fraction of sp³-hybridized carbons (Fsp3) is 0.0909. The molecule has 19 heavy (non-hydrogen) atoms. The number of nitrogens with one attached hydrogen (secondary N) is 2. The Kier molecular flexibility index (Phi) is 3.48. The summed E-state index contributed by atoms with van der Waals surface area (Å²) in [4.78, 5) is 22.0. The van der Waals surface area contributed by atoms with Gasteiger partial charge in [-0.15, -0.1) is 0 Å². The number of hydrogen-bond acceptors (Lipinski definition) is 4. The van der Waals surface area contributed by atoms with Crippen molar-refractivity contribution < 1.29 is 9.72 Å². The van der Waals surface area contributed by atoms with Gasteiger partial charge in [0.25, 0.3) is 11.6 Å². The Morgan fingerprint density at radius 1 is 1.53 bits per heavy atom. The van der Waals surface area contributed by atoms with Crippen LogP contribution < -0.4 is 5.32 Å². The summed E-state index contributed by atoms with van der Waals surface area (Å²) in [6.07, 6.45) is 1.38. The van der Waals surface area contributed by atoms with Crippen LogP contribution >= 0.6 is 11.6 Å². The number of aromatic amines is 1. The molecule has 1 aromatic heterocycles. The van der Waals surface area contributed by atoms with Gasteiger partial charge in [-0.25, -0.2) is 0 Å². The van der Waals surface area contributed by atoms with Crippen molar-refractivity contribution in [3.63, 3.8) is 0 Å². The molecule has 0 bridgehead atoms. The summed E-state index contributed by atoms with van der Waals surface area (Å²) in [5.74, 6) is -0.400. The van der Waals surface area contributed by atoms with E-state index in [0.717, 1.165) is 0 Å². The van der Waals surface area contributed by atoms with Crippen LogP contribution in [-0.4, -0.2) is 21.0 Å². The zero-order chi connectivity index (χ0) is 14.0. The maximum Gasteiger partial charge on any atom is 0.289 e. The van der Waals surface area contributed by atoms with Gasteiger partial charge in [0.2, 0.25) is 0 Å². The molecule has 8 heteroatoms. The molecule has 0 aliphatic rings. The SMILES string of the molecule is Cc1[nH]ncc1C(=O)Nc1ccc(Cl)c([N+](=O)[O-])c1. The molecule has 0 aliphatic heterocycles. The molecule has 2 N–H and O–H groups in total. The summed E-state index contributed by atoms with van der Waals surface area (Å²) in [7, 11) is 0. The minimum Gasteiger partial charge on any atom is -0.322 e. The fourth-order valence-corrected chi connectivity index (χ4v) is 1.69. The van der Waals surface area contributed by atoms with Crippen molar-refractivity contribution in [3.8, 4) is 0 Å². The number of nitrogens with zero attached hydrogens (tertiary/aromatic N) is 2. The number of carbonyl (C=O) groups is 1. The predicted molar refractivity (Wildman–Crippen MR) is 69.4 cm³/mol. The number of anilines is 1. The van der Waals surface area contributed by atoms with Crippen molar-refractivity contribution in [1.82, 2.24) is 10.2 Å². The summed E-state index contributed by atoms with van der Waals surface area (Å²) in [5, 5.41) is 19.7. The molecule has 2 rings (SSSR count). The van der Waals surface area contributed by atoms with Gasteiger partial charge in [-0.05, 0) is 19.1 Å². The fourth-order valence-electron chi connectivity index (χ4n) is 1.51. The van der Waals surface area contributed by atoms with Crippen LogP contribution in [0.15, 0.2) is 24.4 Å². The minimum atomic E-state index is -0.610. The number of halogens is 1. The van der Waals surface area contributed by atoms with Gasteiger partial charge < -0.3 is 5.32 Å². The standard InChI is InChI=1S/C11H9ClN4O3/c1-6-8(5-13-15-6)11(17)14-7-2-3-9(12)10(4-7)16(18)19/h2-5H,1H3,(H,13,15)(H,14,17). The van der Waals surface area contributed by atoms with E-state index in [1.807, 2.05) is 0 Å². The highest BCUT2D eigenvalue weighted by Crippen LogP contribution is 2.27. The molecule has 0 radical (unpaired) electrons. The Labute approximate surface area is 112 Å². The number of H-pyrrole nitrogens is 1. The number of aromatic nitrogens is 2. The van der Waals surface area contributed by atoms with Crippen LogP contribution in [0.25, 0.3) is 0 Å². The average molecular weight is 281 g/mol. The van der Waals surface area contributed by atoms with Crippen molar-refractivity contribution in [3.05, 3.63) is 50.8 Å². The van der Waals surface area contributed by atoms with Crippen molar-refractivity contribution >= 4 is 28.9 Å². The first kappa shape index (κ1) is 13.0. The molecule has 0 saturated heterocycles. The Hall–Kier alpha value is -2.41. The number of nitro benzene ring substituents is 1. The molecule has 1 aromatic carbocycles. The summed E-state index contributed by atoms with van der Waals surface area (Å²) in [5.41, 5.74) is 1.02. The molecule has 0 fully saturated rings. The Balaban J connectivity index is 2.25. The van der Waals surface area contributed by atoms with Crippen LogP contribution in [-0.2, 0) is 0 Å². The van der Waals surface area contributed by atoms with Crippen molar-refractivity contribution in [2.45, 2.75) is 6.92 Å². The highest BCUT2D eigenvalue weighted by atomic mass is 35.5. The lowest BCUT2D eigenvalue weighted by molar-refractivity contribution is -0.384. The van der Waals surface area contributed by atoms with Gasteiger partial charge in [0.1, 0.15) is 5.02 Å². The third kappa shape index (κ3) is 2.71. The number of hydrogen-bond donors (Lipinski definition) is 2. The maximum atomic E-state index is 11.9. The number of aryl methyl sites for hydroxylation is 1. The van der Waals surface area contributed by atoms with E-state index in [1.54, 1.807) is 6.92 Å². The zero-order valence-electron chi connectivity index (χ0n) is 9.81. The first-order chi connectivity index (χ1) is 8.99. The molecule has 1 heterocycles. The molecule has 1 amide bonds. The first-order valence-corrected chi connectivity index (χ1v) is 5.62. The van der Waals surface area contributed by atoms with E-state index in [9.17, 15) is 14.9 Å². The topological polar surface area (TPSA) is 101 Å². The van der Waals surface area contributed by atoms with Crippen LogP contribution in [0.4, 0.5) is 11.4 Å². The van der Waals surface area contributed by atoms with E-state index in [2.05, 4.69) is 15.5 Å². The van der Waals surface area contributed by atoms with Gasteiger partial charge in [0.15, 0.2) is 0 Å². The first-order valence-electron chi connectivity index (χ1n) is 5.24. The largest absolute Gasteiger partial charge is 0.322 e. The molecule has 0 aliphatic carbocycles. The van der Waals surface area contributed by atoms with Gasteiger partial charge >= 0.3 is 0 Å². The van der Waals surface area contributed by atoms with Crippen molar-refractivity contribution in [1.29, 1.82) is 0 Å². The minimum absolute atomic E-state index is 0.0162. The quantitative estimate of drug-likeness (QED) is 0.666. The monoisotopic (exact) mass is 280 g/mol. The van der Waals surface area contributed by atoms with Crippen LogP contribution in [0.2, 0.25) is 5.02 Å². The third-order valence-corrected chi connectivity index (χ3v) is 2.79. The molecule has 0 spiro atoms. The molecule has 0 saturated carbocycles. The second-order valence-corrected chi connectivity index (χ2v) is 4.19. The summed E-state index contributed by atoms with van der Waals surface area (Å²) in [6.45, 7) is 1.70. The molecule has 7 nitrogen and oxygen atoms in total. The van der Waals surface area contributed by atoms with E-state index in [0.29, 0.717) is 16.9 Å². The maximum absolute atomic E-state index is 11.9. The Bertz CT molecular complexity index is 653. The lowest BCUT2D eigenvalue weighted by atomic mass is 10.2. The molecule has 0 atom stereocenters. The Morgan fingerprint density at radius 2 is 2.26 bits per heavy atom. The van der Waals surface area contributed by atoms with E-state index in [4.69, 9.17) is 11.6 Å². The zero-order valence-corrected chi connectivity index (χ0v) is 10.6. The number of benzene rings is 1. The lowest BCUT2D eigenvalue weighted by Gasteiger charge is -2.04. The number of rotatable bonds is 3. The van der Waals surface area contributed by atoms with Crippen molar-refractivity contribution in [2.75, 3.05) is 5.32 Å². The number of amides is 1. The van der Waals surface area contributed by atoms with E-state index < -0.39 is 10.8 Å². The highest BCUT2D eigenvalue weighted by Gasteiger charge is 2.15. The summed E-state index contributed by atoms with van der Waals surface area (Å²) >= 11 is 5.68. The van der Waals surface area contributed by atoms with E-state index >= 15 is 0 Å². The highest BCUT2D eigenvalue weighted by molar-refractivity contribution is 6.32. The van der Waals surface area contributed by atoms with E-state index in [-0.39, 0.29) is 10.7 Å². The van der Waals surface area contributed by atoms with Gasteiger partial charge in [-0.1, -0.05) is 11.6 Å². The van der Waals surface area contributed by atoms with Gasteiger partial charge in [0, 0.05) is 17.4 Å². The molecule has 2 aromatic rings. The molecular weight excluding hydrogens is 272 g/mol. The molecule has 0 unspecified atom stereocenters. The summed E-state index contributed by atoms with van der Waals surface area (Å²) in [6, 6.07) is 4.05. The van der Waals surface area contributed by atoms with Gasteiger partial charge in [-0.3, -0.25) is 20.0 Å². The van der Waals surface area contributed by atoms with Crippen LogP contribution in [0.1, 0.15) is 16.1 Å². The van der Waals surface area contributed by atoms with Crippen LogP contribution in [0.3, 0.4) is 0 Å². The van der Waals surface area contributed by atoms with Gasteiger partial charge in [0.05, 0.1) is 16.7 Å². The third-order valence-electron chi connectivity index (χ3n) is 2.48. The normalized spacial score (nSPS) is 10.2.